The van der Waals surface area contributed by atoms with E-state index in [0.29, 0.717) is 10.7 Å². The predicted molar refractivity (Wildman–Crippen MR) is 53.5 cm³/mol. The lowest BCUT2D eigenvalue weighted by atomic mass is 10.1. The van der Waals surface area contributed by atoms with Crippen LogP contribution in [-0.2, 0) is 0 Å². The number of aromatic nitrogens is 1. The zero-order valence-electron chi connectivity index (χ0n) is 6.75. The van der Waals surface area contributed by atoms with Crippen LogP contribution in [0, 0.1) is 0 Å². The van der Waals surface area contributed by atoms with Gasteiger partial charge < -0.3 is 0 Å². The number of hydrogen-bond acceptors (Lipinski definition) is 2. The molecule has 0 aromatic carbocycles. The Morgan fingerprint density at radius 3 is 2.91 bits per heavy atom. The average molecular weight is 234 g/mol. The fourth-order valence-corrected chi connectivity index (χ4v) is 2.15. The highest BCUT2D eigenvalue weighted by Crippen LogP contribution is 2.27. The van der Waals surface area contributed by atoms with Crippen molar-refractivity contribution in [3.05, 3.63) is 16.6 Å². The molecule has 2 atom stereocenters. The molecule has 0 amide bonds. The molecule has 1 rings (SSSR count). The fraction of sp³-hybridized carbons (Fsp3) is 0.625. The molecule has 0 aliphatic rings. The second-order valence-corrected chi connectivity index (χ2v) is 4.69. The molecule has 3 heteroatoms. The van der Waals surface area contributed by atoms with Gasteiger partial charge in [0.25, 0.3) is 0 Å². The van der Waals surface area contributed by atoms with E-state index in [1.54, 1.807) is 11.3 Å². The summed E-state index contributed by atoms with van der Waals surface area (Å²) in [4.78, 5) is 4.84. The van der Waals surface area contributed by atoms with Crippen LogP contribution in [-0.4, -0.2) is 9.81 Å². The maximum Gasteiger partial charge on any atom is 0.0964 e. The maximum absolute atomic E-state index is 4.27. The molecule has 1 aromatic heterocycles. The van der Waals surface area contributed by atoms with Gasteiger partial charge in [-0.15, -0.1) is 11.3 Å². The van der Waals surface area contributed by atoms with Gasteiger partial charge in [0.05, 0.1) is 5.01 Å². The van der Waals surface area contributed by atoms with Crippen molar-refractivity contribution in [2.45, 2.75) is 31.0 Å². The number of halogens is 1. The molecule has 0 saturated heterocycles. The summed E-state index contributed by atoms with van der Waals surface area (Å²) in [7, 11) is 0. The van der Waals surface area contributed by atoms with Gasteiger partial charge in [0.1, 0.15) is 0 Å². The number of alkyl halides is 1. The smallest absolute Gasteiger partial charge is 0.0964 e. The standard InChI is InChI=1S/C8H12BrNS/c1-3-7(9)6(2)8-10-4-5-11-8/h4-7H,3H2,1-2H3. The minimum Gasteiger partial charge on any atom is -0.249 e. The lowest BCUT2D eigenvalue weighted by Gasteiger charge is -2.12. The molecule has 1 heterocycles. The molecule has 0 aliphatic heterocycles. The van der Waals surface area contributed by atoms with Crippen LogP contribution in [0.4, 0.5) is 0 Å². The van der Waals surface area contributed by atoms with Crippen molar-refractivity contribution in [3.63, 3.8) is 0 Å². The van der Waals surface area contributed by atoms with Crippen molar-refractivity contribution < 1.29 is 0 Å². The van der Waals surface area contributed by atoms with Gasteiger partial charge in [0.15, 0.2) is 0 Å². The van der Waals surface area contributed by atoms with Gasteiger partial charge in [0.2, 0.25) is 0 Å². The van der Waals surface area contributed by atoms with Crippen LogP contribution in [0.3, 0.4) is 0 Å². The first-order valence-corrected chi connectivity index (χ1v) is 5.58. The first-order chi connectivity index (χ1) is 5.25. The van der Waals surface area contributed by atoms with Crippen molar-refractivity contribution in [1.82, 2.24) is 4.98 Å². The molecule has 62 valence electrons. The van der Waals surface area contributed by atoms with E-state index in [0.717, 1.165) is 6.42 Å². The molecule has 0 bridgehead atoms. The lowest BCUT2D eigenvalue weighted by molar-refractivity contribution is 0.689. The minimum absolute atomic E-state index is 0.542. The van der Waals surface area contributed by atoms with Gasteiger partial charge in [0, 0.05) is 22.3 Å². The Kier molecular flexibility index (Phi) is 3.52. The second kappa shape index (κ2) is 4.21. The quantitative estimate of drug-likeness (QED) is 0.730. The SMILES string of the molecule is CCC(Br)C(C)c1nccs1. The number of thiazole rings is 1. The Hall–Kier alpha value is 0.110. The molecule has 0 N–H and O–H groups in total. The molecular weight excluding hydrogens is 222 g/mol. The molecule has 0 fully saturated rings. The van der Waals surface area contributed by atoms with E-state index in [-0.39, 0.29) is 0 Å². The summed E-state index contributed by atoms with van der Waals surface area (Å²) in [5, 5.41) is 3.26. The molecule has 1 aromatic rings. The largest absolute Gasteiger partial charge is 0.249 e. The third-order valence-electron chi connectivity index (χ3n) is 1.77. The Morgan fingerprint density at radius 2 is 2.45 bits per heavy atom. The minimum atomic E-state index is 0.542. The zero-order chi connectivity index (χ0) is 8.27. The normalized spacial score (nSPS) is 16.3. The topological polar surface area (TPSA) is 12.9 Å². The Balaban J connectivity index is 2.62. The van der Waals surface area contributed by atoms with Crippen LogP contribution < -0.4 is 0 Å². The van der Waals surface area contributed by atoms with E-state index < -0.39 is 0 Å². The highest BCUT2D eigenvalue weighted by atomic mass is 79.9. The summed E-state index contributed by atoms with van der Waals surface area (Å²) >= 11 is 5.36. The summed E-state index contributed by atoms with van der Waals surface area (Å²) in [6.45, 7) is 4.39. The molecule has 0 aliphatic carbocycles. The van der Waals surface area contributed by atoms with Crippen molar-refractivity contribution in [1.29, 1.82) is 0 Å². The van der Waals surface area contributed by atoms with E-state index >= 15 is 0 Å². The Morgan fingerprint density at radius 1 is 1.73 bits per heavy atom. The summed E-state index contributed by atoms with van der Waals surface area (Å²) in [5.41, 5.74) is 0. The third-order valence-corrected chi connectivity index (χ3v) is 4.19. The van der Waals surface area contributed by atoms with Crippen molar-refractivity contribution >= 4 is 27.3 Å². The molecule has 0 radical (unpaired) electrons. The number of hydrogen-bond donors (Lipinski definition) is 0. The predicted octanol–water partition coefficient (Wildman–Crippen LogP) is 3.42. The zero-order valence-corrected chi connectivity index (χ0v) is 9.15. The molecule has 1 nitrogen and oxygen atoms in total. The molecule has 11 heavy (non-hydrogen) atoms. The van der Waals surface area contributed by atoms with Crippen LogP contribution in [0.2, 0.25) is 0 Å². The van der Waals surface area contributed by atoms with Crippen LogP contribution >= 0.6 is 27.3 Å². The van der Waals surface area contributed by atoms with Crippen LogP contribution in [0.15, 0.2) is 11.6 Å². The first kappa shape index (κ1) is 9.20. The molecule has 0 spiro atoms. The van der Waals surface area contributed by atoms with E-state index in [9.17, 15) is 0 Å². The van der Waals surface area contributed by atoms with Gasteiger partial charge in [-0.3, -0.25) is 0 Å². The van der Waals surface area contributed by atoms with E-state index in [2.05, 4.69) is 34.8 Å². The van der Waals surface area contributed by atoms with Crippen LogP contribution in [0.1, 0.15) is 31.2 Å². The van der Waals surface area contributed by atoms with Crippen molar-refractivity contribution in [2.24, 2.45) is 0 Å². The second-order valence-electron chi connectivity index (χ2n) is 2.58. The van der Waals surface area contributed by atoms with Gasteiger partial charge in [-0.2, -0.15) is 0 Å². The van der Waals surface area contributed by atoms with Gasteiger partial charge in [-0.1, -0.05) is 29.8 Å². The van der Waals surface area contributed by atoms with E-state index in [1.807, 2.05) is 11.6 Å². The Bertz CT molecular complexity index is 198. The van der Waals surface area contributed by atoms with Crippen LogP contribution in [0.5, 0.6) is 0 Å². The van der Waals surface area contributed by atoms with Crippen molar-refractivity contribution in [2.75, 3.05) is 0 Å². The Labute approximate surface area is 80.0 Å². The van der Waals surface area contributed by atoms with Gasteiger partial charge in [-0.05, 0) is 6.42 Å². The molecule has 2 unspecified atom stereocenters. The van der Waals surface area contributed by atoms with Crippen LogP contribution in [0.25, 0.3) is 0 Å². The third kappa shape index (κ3) is 2.27. The van der Waals surface area contributed by atoms with Gasteiger partial charge in [-0.25, -0.2) is 4.98 Å². The maximum atomic E-state index is 4.27. The fourth-order valence-electron chi connectivity index (χ4n) is 0.968. The average Bonchev–Trinajstić information content (AvgIpc) is 2.53. The highest BCUT2D eigenvalue weighted by molar-refractivity contribution is 9.09. The summed E-state index contributed by atoms with van der Waals surface area (Å²) in [6, 6.07) is 0. The summed E-state index contributed by atoms with van der Waals surface area (Å²) < 4.78 is 0. The number of nitrogens with zero attached hydrogens (tertiary/aromatic N) is 1. The summed E-state index contributed by atoms with van der Waals surface area (Å²) in [5.74, 6) is 0.542. The molecule has 0 saturated carbocycles. The van der Waals surface area contributed by atoms with E-state index in [4.69, 9.17) is 0 Å². The monoisotopic (exact) mass is 233 g/mol. The number of rotatable bonds is 3. The highest BCUT2D eigenvalue weighted by Gasteiger charge is 2.15. The lowest BCUT2D eigenvalue weighted by Crippen LogP contribution is -2.06. The van der Waals surface area contributed by atoms with Crippen molar-refractivity contribution in [3.8, 4) is 0 Å². The van der Waals surface area contributed by atoms with E-state index in [1.165, 1.54) is 5.01 Å². The summed E-state index contributed by atoms with van der Waals surface area (Å²) in [6.07, 6.45) is 3.02. The molecular formula is C8H12BrNS. The first-order valence-electron chi connectivity index (χ1n) is 3.79. The van der Waals surface area contributed by atoms with Gasteiger partial charge >= 0.3 is 0 Å².